The minimum atomic E-state index is 0.223. The lowest BCUT2D eigenvalue weighted by molar-refractivity contribution is 0.515. The number of fused-ring (bicyclic) bond motifs is 1. The van der Waals surface area contributed by atoms with Crippen LogP contribution in [0.2, 0.25) is 0 Å². The minimum Gasteiger partial charge on any atom is -0.346 e. The van der Waals surface area contributed by atoms with Crippen LogP contribution in [-0.4, -0.2) is 19.7 Å². The maximum atomic E-state index is 4.75. The first kappa shape index (κ1) is 13.1. The van der Waals surface area contributed by atoms with Crippen LogP contribution in [0.4, 0.5) is 5.95 Å². The van der Waals surface area contributed by atoms with Crippen LogP contribution >= 0.6 is 0 Å². The van der Waals surface area contributed by atoms with Crippen LogP contribution in [0.25, 0.3) is 0 Å². The molecule has 0 bridgehead atoms. The predicted octanol–water partition coefficient (Wildman–Crippen LogP) is 3.05. The van der Waals surface area contributed by atoms with E-state index in [1.807, 2.05) is 13.0 Å². The van der Waals surface area contributed by atoms with E-state index in [1.54, 1.807) is 6.20 Å². The third kappa shape index (κ3) is 2.53. The summed E-state index contributed by atoms with van der Waals surface area (Å²) in [5.41, 5.74) is 3.50. The molecule has 2 aromatic heterocycles. The molecule has 1 aliphatic rings. The minimum absolute atomic E-state index is 0.223. The van der Waals surface area contributed by atoms with Crippen LogP contribution < -0.4 is 5.32 Å². The summed E-state index contributed by atoms with van der Waals surface area (Å²) in [6, 6.07) is 2.53. The summed E-state index contributed by atoms with van der Waals surface area (Å²) >= 11 is 0. The summed E-state index contributed by atoms with van der Waals surface area (Å²) in [6.45, 7) is 6.29. The third-order valence-electron chi connectivity index (χ3n) is 3.74. The highest BCUT2D eigenvalue weighted by Crippen LogP contribution is 2.31. The first-order valence-corrected chi connectivity index (χ1v) is 7.27. The van der Waals surface area contributed by atoms with Gasteiger partial charge in [0.1, 0.15) is 0 Å². The van der Waals surface area contributed by atoms with E-state index in [9.17, 15) is 0 Å². The Morgan fingerprint density at radius 2 is 2.25 bits per heavy atom. The first-order chi connectivity index (χ1) is 9.63. The molecule has 2 heterocycles. The highest BCUT2D eigenvalue weighted by molar-refractivity contribution is 5.34. The second-order valence-corrected chi connectivity index (χ2v) is 5.72. The summed E-state index contributed by atoms with van der Waals surface area (Å²) in [6.07, 6.45) is 7.36. The fourth-order valence-corrected chi connectivity index (χ4v) is 2.64. The first-order valence-electron chi connectivity index (χ1n) is 7.27. The van der Waals surface area contributed by atoms with Gasteiger partial charge in [-0.15, -0.1) is 0 Å². The monoisotopic (exact) mass is 271 g/mol. The third-order valence-corrected chi connectivity index (χ3v) is 3.74. The SMILES string of the molecule is Cc1ccnc(NC2CCCc3cn(C(C)C)nc32)n1. The zero-order valence-electron chi connectivity index (χ0n) is 12.3. The van der Waals surface area contributed by atoms with E-state index in [1.165, 1.54) is 12.0 Å². The van der Waals surface area contributed by atoms with Gasteiger partial charge in [0, 0.05) is 24.1 Å². The predicted molar refractivity (Wildman–Crippen MR) is 78.7 cm³/mol. The van der Waals surface area contributed by atoms with Gasteiger partial charge in [0.25, 0.3) is 0 Å². The Morgan fingerprint density at radius 3 is 3.00 bits per heavy atom. The van der Waals surface area contributed by atoms with E-state index in [0.717, 1.165) is 24.2 Å². The number of nitrogens with zero attached hydrogens (tertiary/aromatic N) is 4. The maximum absolute atomic E-state index is 4.75. The molecule has 0 saturated carbocycles. The summed E-state index contributed by atoms with van der Waals surface area (Å²) in [7, 11) is 0. The molecule has 1 unspecified atom stereocenters. The van der Waals surface area contributed by atoms with Gasteiger partial charge < -0.3 is 5.32 Å². The Balaban J connectivity index is 1.86. The van der Waals surface area contributed by atoms with Gasteiger partial charge in [0.2, 0.25) is 5.95 Å². The normalized spacial score (nSPS) is 18.1. The molecule has 5 nitrogen and oxygen atoms in total. The van der Waals surface area contributed by atoms with Crippen molar-refractivity contribution in [1.29, 1.82) is 0 Å². The summed E-state index contributed by atoms with van der Waals surface area (Å²) in [5.74, 6) is 0.696. The Labute approximate surface area is 119 Å². The smallest absolute Gasteiger partial charge is 0.223 e. The van der Waals surface area contributed by atoms with Crippen molar-refractivity contribution in [1.82, 2.24) is 19.7 Å². The fraction of sp³-hybridized carbons (Fsp3) is 0.533. The van der Waals surface area contributed by atoms with E-state index in [4.69, 9.17) is 5.10 Å². The molecule has 1 aliphatic carbocycles. The lowest BCUT2D eigenvalue weighted by atomic mass is 9.94. The van der Waals surface area contributed by atoms with Gasteiger partial charge >= 0.3 is 0 Å². The second-order valence-electron chi connectivity index (χ2n) is 5.72. The molecule has 2 aromatic rings. The lowest BCUT2D eigenvalue weighted by Gasteiger charge is -2.22. The molecule has 3 rings (SSSR count). The summed E-state index contributed by atoms with van der Waals surface area (Å²) in [5, 5.41) is 8.18. The zero-order chi connectivity index (χ0) is 14.1. The van der Waals surface area contributed by atoms with Gasteiger partial charge in [-0.05, 0) is 51.7 Å². The molecule has 5 heteroatoms. The van der Waals surface area contributed by atoms with Crippen LogP contribution in [0.15, 0.2) is 18.5 Å². The van der Waals surface area contributed by atoms with Gasteiger partial charge in [-0.25, -0.2) is 9.97 Å². The van der Waals surface area contributed by atoms with Crippen LogP contribution in [0.1, 0.15) is 55.7 Å². The number of anilines is 1. The van der Waals surface area contributed by atoms with Crippen molar-refractivity contribution in [2.75, 3.05) is 5.32 Å². The van der Waals surface area contributed by atoms with E-state index < -0.39 is 0 Å². The maximum Gasteiger partial charge on any atom is 0.223 e. The highest BCUT2D eigenvalue weighted by atomic mass is 15.3. The van der Waals surface area contributed by atoms with Crippen molar-refractivity contribution in [2.45, 2.75) is 52.1 Å². The van der Waals surface area contributed by atoms with Crippen LogP contribution in [-0.2, 0) is 6.42 Å². The molecule has 0 aromatic carbocycles. The van der Waals surface area contributed by atoms with E-state index in [0.29, 0.717) is 12.0 Å². The summed E-state index contributed by atoms with van der Waals surface area (Å²) < 4.78 is 2.06. The van der Waals surface area contributed by atoms with Crippen LogP contribution in [0.3, 0.4) is 0 Å². The average Bonchev–Trinajstić information content (AvgIpc) is 2.84. The topological polar surface area (TPSA) is 55.6 Å². The van der Waals surface area contributed by atoms with Crippen molar-refractivity contribution >= 4 is 5.95 Å². The van der Waals surface area contributed by atoms with Crippen molar-refractivity contribution in [2.24, 2.45) is 0 Å². The molecule has 106 valence electrons. The zero-order valence-corrected chi connectivity index (χ0v) is 12.3. The molecule has 1 N–H and O–H groups in total. The molecular formula is C15H21N5. The number of hydrogen-bond acceptors (Lipinski definition) is 4. The molecular weight excluding hydrogens is 250 g/mol. The van der Waals surface area contributed by atoms with E-state index in [-0.39, 0.29) is 6.04 Å². The molecule has 0 fully saturated rings. The molecule has 20 heavy (non-hydrogen) atoms. The number of hydrogen-bond donors (Lipinski definition) is 1. The number of nitrogens with one attached hydrogen (secondary N) is 1. The number of aromatic nitrogens is 4. The second kappa shape index (κ2) is 5.23. The fourth-order valence-electron chi connectivity index (χ4n) is 2.64. The van der Waals surface area contributed by atoms with Crippen LogP contribution in [0, 0.1) is 6.92 Å². The Hall–Kier alpha value is -1.91. The van der Waals surface area contributed by atoms with Gasteiger partial charge in [-0.3, -0.25) is 4.68 Å². The van der Waals surface area contributed by atoms with Gasteiger partial charge in [0.05, 0.1) is 11.7 Å². The van der Waals surface area contributed by atoms with E-state index in [2.05, 4.69) is 40.0 Å². The number of rotatable bonds is 3. The van der Waals surface area contributed by atoms with Crippen molar-refractivity contribution in [3.05, 3.63) is 35.4 Å². The van der Waals surface area contributed by atoms with Crippen molar-refractivity contribution < 1.29 is 0 Å². The number of aryl methyl sites for hydroxylation is 2. The lowest BCUT2D eigenvalue weighted by Crippen LogP contribution is -2.18. The molecule has 0 radical (unpaired) electrons. The van der Waals surface area contributed by atoms with Gasteiger partial charge in [-0.1, -0.05) is 0 Å². The summed E-state index contributed by atoms with van der Waals surface area (Å²) in [4.78, 5) is 8.72. The van der Waals surface area contributed by atoms with Gasteiger partial charge in [-0.2, -0.15) is 5.10 Å². The largest absolute Gasteiger partial charge is 0.346 e. The molecule has 0 amide bonds. The Kier molecular flexibility index (Phi) is 3.42. The average molecular weight is 271 g/mol. The highest BCUT2D eigenvalue weighted by Gasteiger charge is 2.24. The Bertz CT molecular complexity index is 602. The van der Waals surface area contributed by atoms with Gasteiger partial charge in [0.15, 0.2) is 0 Å². The molecule has 1 atom stereocenters. The Morgan fingerprint density at radius 1 is 1.40 bits per heavy atom. The molecule has 0 saturated heterocycles. The quantitative estimate of drug-likeness (QED) is 0.932. The standard InChI is InChI=1S/C15H21N5/c1-10(2)20-9-12-5-4-6-13(14(12)19-20)18-15-16-8-7-11(3)17-15/h7-10,13H,4-6H2,1-3H3,(H,16,17,18). The van der Waals surface area contributed by atoms with E-state index >= 15 is 0 Å². The van der Waals surface area contributed by atoms with Crippen molar-refractivity contribution in [3.8, 4) is 0 Å². The van der Waals surface area contributed by atoms with Crippen molar-refractivity contribution in [3.63, 3.8) is 0 Å². The molecule has 0 spiro atoms. The van der Waals surface area contributed by atoms with Crippen LogP contribution in [0.5, 0.6) is 0 Å². The molecule has 0 aliphatic heterocycles.